The summed E-state index contributed by atoms with van der Waals surface area (Å²) in [4.78, 5) is 11.9. The first-order chi connectivity index (χ1) is 8.18. The molecule has 0 heterocycles. The predicted octanol–water partition coefficient (Wildman–Crippen LogP) is 2.24. The molecule has 0 saturated carbocycles. The van der Waals surface area contributed by atoms with Crippen LogP contribution in [0.15, 0.2) is 30.3 Å². The third kappa shape index (κ3) is 2.11. The molecule has 0 radical (unpaired) electrons. The number of fused-ring (bicyclic) bond motifs is 1. The minimum Gasteiger partial charge on any atom is -0.463 e. The van der Waals surface area contributed by atoms with Crippen LogP contribution in [0.4, 0.5) is 0 Å². The molecule has 1 aromatic rings. The van der Waals surface area contributed by atoms with Gasteiger partial charge in [-0.1, -0.05) is 43.3 Å². The zero-order valence-corrected chi connectivity index (χ0v) is 9.85. The molecule has 90 valence electrons. The lowest BCUT2D eigenvalue weighted by Gasteiger charge is -2.29. The second-order valence-corrected chi connectivity index (χ2v) is 4.19. The van der Waals surface area contributed by atoms with Gasteiger partial charge in [0.1, 0.15) is 0 Å². The van der Waals surface area contributed by atoms with E-state index in [0.29, 0.717) is 12.2 Å². The van der Waals surface area contributed by atoms with Gasteiger partial charge in [-0.25, -0.2) is 4.79 Å². The van der Waals surface area contributed by atoms with Crippen molar-refractivity contribution in [2.24, 2.45) is 0 Å². The third-order valence-corrected chi connectivity index (χ3v) is 2.89. The van der Waals surface area contributed by atoms with E-state index in [1.165, 1.54) is 0 Å². The number of hydrogen-bond acceptors (Lipinski definition) is 3. The van der Waals surface area contributed by atoms with Gasteiger partial charge in [0.25, 0.3) is 0 Å². The lowest BCUT2D eigenvalue weighted by atomic mass is 9.83. The quantitative estimate of drug-likeness (QED) is 0.813. The second kappa shape index (κ2) is 4.72. The number of benzene rings is 1. The summed E-state index contributed by atoms with van der Waals surface area (Å²) < 4.78 is 5.07. The highest BCUT2D eigenvalue weighted by Crippen LogP contribution is 2.34. The average molecular weight is 232 g/mol. The molecule has 3 nitrogen and oxygen atoms in total. The minimum atomic E-state index is -1.53. The summed E-state index contributed by atoms with van der Waals surface area (Å²) in [6, 6.07) is 7.34. The van der Waals surface area contributed by atoms with Crippen molar-refractivity contribution in [3.8, 4) is 0 Å². The van der Waals surface area contributed by atoms with Crippen molar-refractivity contribution in [1.82, 2.24) is 0 Å². The van der Waals surface area contributed by atoms with Crippen LogP contribution >= 0.6 is 0 Å². The Balaban J connectivity index is 2.32. The highest BCUT2D eigenvalue weighted by molar-refractivity contribution is 5.84. The Hall–Kier alpha value is -1.61. The average Bonchev–Trinajstić information content (AvgIpc) is 2.36. The van der Waals surface area contributed by atoms with Crippen LogP contribution in [0.3, 0.4) is 0 Å². The number of ether oxygens (including phenoxy) is 1. The molecule has 1 aromatic carbocycles. The van der Waals surface area contributed by atoms with Crippen LogP contribution in [0, 0.1) is 0 Å². The van der Waals surface area contributed by atoms with Gasteiger partial charge in [0.15, 0.2) is 5.60 Å². The van der Waals surface area contributed by atoms with Crippen LogP contribution in [0.2, 0.25) is 0 Å². The Bertz CT molecular complexity index is 451. The minimum absolute atomic E-state index is 0.270. The van der Waals surface area contributed by atoms with Crippen molar-refractivity contribution < 1.29 is 14.6 Å². The van der Waals surface area contributed by atoms with Crippen LogP contribution in [0.1, 0.15) is 30.9 Å². The maximum absolute atomic E-state index is 11.9. The van der Waals surface area contributed by atoms with Crippen molar-refractivity contribution in [3.05, 3.63) is 41.5 Å². The molecule has 0 spiro atoms. The SMILES string of the molecule is CCCOC(=O)C1(O)CC=Cc2ccccc21. The van der Waals surface area contributed by atoms with Crippen LogP contribution < -0.4 is 0 Å². The van der Waals surface area contributed by atoms with Crippen LogP contribution in [-0.2, 0) is 15.1 Å². The Morgan fingerprint density at radius 3 is 3.00 bits per heavy atom. The van der Waals surface area contributed by atoms with E-state index in [2.05, 4.69) is 0 Å². The highest BCUT2D eigenvalue weighted by atomic mass is 16.5. The summed E-state index contributed by atoms with van der Waals surface area (Å²) in [6.45, 7) is 2.26. The number of carbonyl (C=O) groups is 1. The summed E-state index contributed by atoms with van der Waals surface area (Å²) >= 11 is 0. The number of rotatable bonds is 3. The zero-order chi connectivity index (χ0) is 12.3. The molecule has 0 saturated heterocycles. The van der Waals surface area contributed by atoms with Crippen molar-refractivity contribution in [2.75, 3.05) is 6.61 Å². The molecule has 0 bridgehead atoms. The van der Waals surface area contributed by atoms with E-state index in [1.54, 1.807) is 12.1 Å². The van der Waals surface area contributed by atoms with Crippen LogP contribution in [0.5, 0.6) is 0 Å². The van der Waals surface area contributed by atoms with Gasteiger partial charge in [-0.05, 0) is 12.0 Å². The fourth-order valence-electron chi connectivity index (χ4n) is 1.99. The van der Waals surface area contributed by atoms with Crippen molar-refractivity contribution >= 4 is 12.0 Å². The van der Waals surface area contributed by atoms with Gasteiger partial charge in [-0.3, -0.25) is 0 Å². The lowest BCUT2D eigenvalue weighted by molar-refractivity contribution is -0.166. The Labute approximate surface area is 101 Å². The first kappa shape index (κ1) is 11.9. The van der Waals surface area contributed by atoms with Crippen LogP contribution in [-0.4, -0.2) is 17.7 Å². The number of esters is 1. The molecular weight excluding hydrogens is 216 g/mol. The van der Waals surface area contributed by atoms with Crippen molar-refractivity contribution in [3.63, 3.8) is 0 Å². The van der Waals surface area contributed by atoms with E-state index in [1.807, 2.05) is 31.2 Å². The van der Waals surface area contributed by atoms with E-state index in [4.69, 9.17) is 4.74 Å². The Morgan fingerprint density at radius 2 is 2.24 bits per heavy atom. The first-order valence-electron chi connectivity index (χ1n) is 5.84. The van der Waals surface area contributed by atoms with Gasteiger partial charge in [0.05, 0.1) is 6.61 Å². The summed E-state index contributed by atoms with van der Waals surface area (Å²) in [5.41, 5.74) is -0.0288. The molecule has 1 aliphatic rings. The van der Waals surface area contributed by atoms with Crippen molar-refractivity contribution in [2.45, 2.75) is 25.4 Å². The van der Waals surface area contributed by atoms with Gasteiger partial charge >= 0.3 is 5.97 Å². The van der Waals surface area contributed by atoms with Crippen molar-refractivity contribution in [1.29, 1.82) is 0 Å². The molecule has 1 unspecified atom stereocenters. The van der Waals surface area contributed by atoms with Gasteiger partial charge in [0, 0.05) is 12.0 Å². The largest absolute Gasteiger partial charge is 0.463 e. The summed E-state index contributed by atoms with van der Waals surface area (Å²) in [6.07, 6.45) is 4.73. The van der Waals surface area contributed by atoms with E-state index >= 15 is 0 Å². The monoisotopic (exact) mass is 232 g/mol. The molecule has 0 fully saturated rings. The predicted molar refractivity (Wildman–Crippen MR) is 65.2 cm³/mol. The van der Waals surface area contributed by atoms with Gasteiger partial charge in [0.2, 0.25) is 0 Å². The number of hydrogen-bond donors (Lipinski definition) is 1. The maximum Gasteiger partial charge on any atom is 0.343 e. The normalized spacial score (nSPS) is 22.0. The standard InChI is InChI=1S/C14H16O3/c1-2-10-17-13(15)14(16)9-5-7-11-6-3-4-8-12(11)14/h3-8,16H,2,9-10H2,1H3. The molecule has 3 heteroatoms. The topological polar surface area (TPSA) is 46.5 Å². The van der Waals surface area contributed by atoms with Crippen LogP contribution in [0.25, 0.3) is 6.08 Å². The number of carbonyl (C=O) groups excluding carboxylic acids is 1. The summed E-state index contributed by atoms with van der Waals surface area (Å²) in [7, 11) is 0. The molecule has 0 amide bonds. The third-order valence-electron chi connectivity index (χ3n) is 2.89. The molecule has 0 aliphatic heterocycles. The first-order valence-corrected chi connectivity index (χ1v) is 5.84. The molecule has 2 rings (SSSR count). The molecule has 0 aromatic heterocycles. The summed E-state index contributed by atoms with van der Waals surface area (Å²) in [5.74, 6) is -0.559. The second-order valence-electron chi connectivity index (χ2n) is 4.19. The van der Waals surface area contributed by atoms with Gasteiger partial charge < -0.3 is 9.84 Å². The highest BCUT2D eigenvalue weighted by Gasteiger charge is 2.41. The van der Waals surface area contributed by atoms with E-state index in [0.717, 1.165) is 12.0 Å². The van der Waals surface area contributed by atoms with E-state index < -0.39 is 11.6 Å². The smallest absolute Gasteiger partial charge is 0.343 e. The molecule has 1 N–H and O–H groups in total. The van der Waals surface area contributed by atoms with Gasteiger partial charge in [-0.2, -0.15) is 0 Å². The fourth-order valence-corrected chi connectivity index (χ4v) is 1.99. The zero-order valence-electron chi connectivity index (χ0n) is 9.85. The molecule has 1 atom stereocenters. The summed E-state index contributed by atoms with van der Waals surface area (Å²) in [5, 5.41) is 10.5. The molecular formula is C14H16O3. The van der Waals surface area contributed by atoms with E-state index in [9.17, 15) is 9.90 Å². The van der Waals surface area contributed by atoms with E-state index in [-0.39, 0.29) is 6.42 Å². The maximum atomic E-state index is 11.9. The number of aliphatic hydroxyl groups is 1. The van der Waals surface area contributed by atoms with Gasteiger partial charge in [-0.15, -0.1) is 0 Å². The lowest BCUT2D eigenvalue weighted by Crippen LogP contribution is -2.38. The Kier molecular flexibility index (Phi) is 3.29. The fraction of sp³-hybridized carbons (Fsp3) is 0.357. The molecule has 17 heavy (non-hydrogen) atoms. The Morgan fingerprint density at radius 1 is 1.47 bits per heavy atom. The molecule has 1 aliphatic carbocycles.